The number of nitriles is 1. The second-order valence-corrected chi connectivity index (χ2v) is 8.68. The highest BCUT2D eigenvalue weighted by Gasteiger charge is 2.44. The predicted octanol–water partition coefficient (Wildman–Crippen LogP) is 2.24. The normalized spacial score (nSPS) is 19.6. The number of piperidine rings is 1. The van der Waals surface area contributed by atoms with E-state index in [2.05, 4.69) is 30.9 Å². The molecule has 4 aromatic rings. The molecule has 4 aromatic heterocycles. The van der Waals surface area contributed by atoms with Gasteiger partial charge in [0.25, 0.3) is 0 Å². The van der Waals surface area contributed by atoms with E-state index in [0.717, 1.165) is 42.1 Å². The molecule has 0 saturated carbocycles. The first-order valence-corrected chi connectivity index (χ1v) is 11.1. The Morgan fingerprint density at radius 1 is 1.12 bits per heavy atom. The highest BCUT2D eigenvalue weighted by molar-refractivity contribution is 5.85. The van der Waals surface area contributed by atoms with E-state index in [9.17, 15) is 10.4 Å². The zero-order valence-corrected chi connectivity index (χ0v) is 18.5. The fraction of sp³-hybridized carbons (Fsp3) is 0.292. The van der Waals surface area contributed by atoms with Gasteiger partial charge in [0.15, 0.2) is 0 Å². The Hall–Kier alpha value is -4.23. The third-order valence-electron chi connectivity index (χ3n) is 6.67. The molecule has 10 nitrogen and oxygen atoms in total. The van der Waals surface area contributed by atoms with E-state index in [4.69, 9.17) is 9.72 Å². The maximum Gasteiger partial charge on any atom is 0.316 e. The van der Waals surface area contributed by atoms with E-state index in [-0.39, 0.29) is 5.75 Å². The summed E-state index contributed by atoms with van der Waals surface area (Å²) in [7, 11) is 1.57. The number of ether oxygens (including phenoxy) is 1. The molecule has 2 unspecified atom stereocenters. The van der Waals surface area contributed by atoms with E-state index < -0.39 is 0 Å². The summed E-state index contributed by atoms with van der Waals surface area (Å²) in [6.45, 7) is 2.66. The predicted molar refractivity (Wildman–Crippen MR) is 123 cm³/mol. The number of aromatic nitrogens is 5. The Morgan fingerprint density at radius 2 is 1.91 bits per heavy atom. The third-order valence-corrected chi connectivity index (χ3v) is 6.67. The van der Waals surface area contributed by atoms with Crippen LogP contribution >= 0.6 is 0 Å². The number of hydrogen-bond donors (Lipinski definition) is 1. The number of pyridine rings is 2. The van der Waals surface area contributed by atoms with Crippen molar-refractivity contribution < 1.29 is 9.84 Å². The van der Waals surface area contributed by atoms with E-state index in [0.29, 0.717) is 29.2 Å². The second-order valence-electron chi connectivity index (χ2n) is 8.68. The minimum absolute atomic E-state index is 0.0811. The Bertz CT molecular complexity index is 1380. The van der Waals surface area contributed by atoms with Gasteiger partial charge in [-0.25, -0.2) is 19.5 Å². The van der Waals surface area contributed by atoms with Crippen LogP contribution in [0, 0.1) is 11.3 Å². The second kappa shape index (κ2) is 7.97. The van der Waals surface area contributed by atoms with Crippen molar-refractivity contribution in [1.82, 2.24) is 29.5 Å². The summed E-state index contributed by atoms with van der Waals surface area (Å²) in [5, 5.41) is 23.7. The molecule has 34 heavy (non-hydrogen) atoms. The van der Waals surface area contributed by atoms with Crippen LogP contribution in [0.1, 0.15) is 17.5 Å². The molecular formula is C24H22N8O2. The summed E-state index contributed by atoms with van der Waals surface area (Å²) in [4.78, 5) is 18.0. The summed E-state index contributed by atoms with van der Waals surface area (Å²) in [5.41, 5.74) is 3.75. The zero-order chi connectivity index (χ0) is 23.2. The van der Waals surface area contributed by atoms with Crippen LogP contribution in [0.4, 0.5) is 5.82 Å². The van der Waals surface area contributed by atoms with Crippen LogP contribution in [0.3, 0.4) is 0 Å². The van der Waals surface area contributed by atoms with Gasteiger partial charge in [0.05, 0.1) is 30.6 Å². The van der Waals surface area contributed by atoms with Crippen LogP contribution in [0.5, 0.6) is 11.8 Å². The molecule has 3 aliphatic heterocycles. The van der Waals surface area contributed by atoms with Crippen LogP contribution < -0.4 is 9.64 Å². The lowest BCUT2D eigenvalue weighted by atomic mass is 9.87. The van der Waals surface area contributed by atoms with Gasteiger partial charge in [-0.3, -0.25) is 4.90 Å². The van der Waals surface area contributed by atoms with Gasteiger partial charge in [-0.05, 0) is 24.6 Å². The van der Waals surface area contributed by atoms with Crippen LogP contribution in [-0.4, -0.2) is 66.9 Å². The first-order chi connectivity index (χ1) is 16.6. The van der Waals surface area contributed by atoms with Crippen LogP contribution in [-0.2, 0) is 6.54 Å². The Balaban J connectivity index is 1.18. The molecule has 3 fully saturated rings. The van der Waals surface area contributed by atoms with Crippen molar-refractivity contribution in [1.29, 1.82) is 5.26 Å². The quantitative estimate of drug-likeness (QED) is 0.485. The van der Waals surface area contributed by atoms with Crippen LogP contribution in [0.15, 0.2) is 49.2 Å². The van der Waals surface area contributed by atoms with Crippen molar-refractivity contribution in [2.24, 2.45) is 0 Å². The first-order valence-electron chi connectivity index (χ1n) is 11.1. The number of nitrogens with zero attached hydrogens (tertiary/aromatic N) is 8. The maximum absolute atomic E-state index is 10.1. The van der Waals surface area contributed by atoms with E-state index in [1.807, 2.05) is 24.5 Å². The average Bonchev–Trinajstić information content (AvgIpc) is 3.30. The molecule has 7 rings (SSSR count). The SMILES string of the molecule is COc1ncc(CN2C3CC2CN(c2ccc(-c4cc(O)cn5ncc(C#N)c45)cn2)C3)cn1. The number of rotatable bonds is 5. The average molecular weight is 454 g/mol. The number of hydrogen-bond acceptors (Lipinski definition) is 9. The highest BCUT2D eigenvalue weighted by Crippen LogP contribution is 2.36. The van der Waals surface area contributed by atoms with Crippen molar-refractivity contribution in [2.75, 3.05) is 25.1 Å². The molecule has 0 spiro atoms. The zero-order valence-electron chi connectivity index (χ0n) is 18.5. The van der Waals surface area contributed by atoms with Gasteiger partial charge < -0.3 is 14.7 Å². The standard InChI is InChI=1S/C24H22N8O2/c1-34-24-27-7-15(8-28-24)11-31-18-4-19(31)13-30(12-18)22-3-2-16(9-26-22)21-5-20(33)14-32-23(21)17(6-25)10-29-32/h2-3,5,7-10,14,18-19,33H,4,11-13H2,1H3. The number of anilines is 1. The van der Waals surface area contributed by atoms with Crippen molar-refractivity contribution in [3.05, 3.63) is 60.3 Å². The molecule has 0 radical (unpaired) electrons. The van der Waals surface area contributed by atoms with Crippen molar-refractivity contribution in [3.8, 4) is 29.0 Å². The summed E-state index contributed by atoms with van der Waals surface area (Å²) >= 11 is 0. The van der Waals surface area contributed by atoms with Gasteiger partial charge in [-0.15, -0.1) is 0 Å². The van der Waals surface area contributed by atoms with Gasteiger partial charge in [0.1, 0.15) is 17.6 Å². The largest absolute Gasteiger partial charge is 0.506 e. The van der Waals surface area contributed by atoms with Gasteiger partial charge in [-0.2, -0.15) is 10.4 Å². The number of aromatic hydroxyl groups is 1. The number of fused-ring (bicyclic) bond motifs is 3. The van der Waals surface area contributed by atoms with Crippen LogP contribution in [0.2, 0.25) is 0 Å². The fourth-order valence-electron chi connectivity index (χ4n) is 5.01. The maximum atomic E-state index is 10.1. The summed E-state index contributed by atoms with van der Waals surface area (Å²) in [5.74, 6) is 1.01. The van der Waals surface area contributed by atoms with Crippen molar-refractivity contribution in [2.45, 2.75) is 25.0 Å². The number of piperazine rings is 1. The molecule has 0 aromatic carbocycles. The highest BCUT2D eigenvalue weighted by atomic mass is 16.5. The minimum Gasteiger partial charge on any atom is -0.506 e. The molecule has 3 aliphatic rings. The fourth-order valence-corrected chi connectivity index (χ4v) is 5.01. The molecule has 10 heteroatoms. The molecule has 0 aliphatic carbocycles. The first kappa shape index (κ1) is 20.4. The topological polar surface area (TPSA) is 116 Å². The molecular weight excluding hydrogens is 432 g/mol. The van der Waals surface area contributed by atoms with E-state index >= 15 is 0 Å². The smallest absolute Gasteiger partial charge is 0.316 e. The molecule has 1 N–H and O–H groups in total. The molecule has 2 atom stereocenters. The van der Waals surface area contributed by atoms with Gasteiger partial charge in [0.2, 0.25) is 0 Å². The van der Waals surface area contributed by atoms with Crippen molar-refractivity contribution in [3.63, 3.8) is 0 Å². The van der Waals surface area contributed by atoms with Crippen LogP contribution in [0.25, 0.3) is 16.6 Å². The lowest BCUT2D eigenvalue weighted by molar-refractivity contribution is -0.00886. The molecule has 3 saturated heterocycles. The Kier molecular flexibility index (Phi) is 4.78. The molecule has 170 valence electrons. The van der Waals surface area contributed by atoms with Gasteiger partial charge in [0, 0.05) is 67.0 Å². The lowest BCUT2D eigenvalue weighted by Crippen LogP contribution is -2.68. The minimum atomic E-state index is 0.0811. The Labute approximate surface area is 195 Å². The molecule has 0 amide bonds. The van der Waals surface area contributed by atoms with E-state index in [1.54, 1.807) is 19.4 Å². The molecule has 7 heterocycles. The lowest BCUT2D eigenvalue weighted by Gasteiger charge is -2.56. The van der Waals surface area contributed by atoms with Gasteiger partial charge in [-0.1, -0.05) is 0 Å². The summed E-state index contributed by atoms with van der Waals surface area (Å²) in [6, 6.07) is 9.13. The van der Waals surface area contributed by atoms with Gasteiger partial charge >= 0.3 is 6.01 Å². The number of methoxy groups -OCH3 is 1. The monoisotopic (exact) mass is 454 g/mol. The molecule has 2 bridgehead atoms. The Morgan fingerprint density at radius 3 is 2.59 bits per heavy atom. The van der Waals surface area contributed by atoms with E-state index in [1.165, 1.54) is 23.3 Å². The van der Waals surface area contributed by atoms with Crippen molar-refractivity contribution >= 4 is 11.3 Å². The summed E-state index contributed by atoms with van der Waals surface area (Å²) < 4.78 is 6.57. The third kappa shape index (κ3) is 3.38. The summed E-state index contributed by atoms with van der Waals surface area (Å²) in [6.07, 6.45) is 9.63.